The highest BCUT2D eigenvalue weighted by Crippen LogP contribution is 2.22. The molecule has 0 radical (unpaired) electrons. The third-order valence-corrected chi connectivity index (χ3v) is 3.43. The Hall–Kier alpha value is -0.860. The number of rotatable bonds is 10. The van der Waals surface area contributed by atoms with E-state index in [2.05, 4.69) is 6.92 Å². The summed E-state index contributed by atoms with van der Waals surface area (Å²) in [4.78, 5) is 23.4. The van der Waals surface area contributed by atoms with Crippen molar-refractivity contribution in [3.8, 4) is 0 Å². The Labute approximate surface area is 111 Å². The smallest absolute Gasteiger partial charge is 0.309 e. The first-order valence-electron chi connectivity index (χ1n) is 7.25. The highest BCUT2D eigenvalue weighted by Gasteiger charge is 2.29. The molecular weight excluding hydrogens is 228 g/mol. The Bertz CT molecular complexity index is 248. The van der Waals surface area contributed by atoms with Crippen molar-refractivity contribution in [2.24, 2.45) is 11.8 Å². The van der Waals surface area contributed by atoms with E-state index in [4.69, 9.17) is 4.74 Å². The van der Waals surface area contributed by atoms with Crippen molar-refractivity contribution in [3.05, 3.63) is 0 Å². The molecule has 3 nitrogen and oxygen atoms in total. The van der Waals surface area contributed by atoms with Gasteiger partial charge in [0, 0.05) is 5.92 Å². The molecule has 106 valence electrons. The molecule has 0 saturated heterocycles. The SMILES string of the molecule is CCCCCCOC(=O)C(CC)C(CC)C(C)=O. The van der Waals surface area contributed by atoms with Crippen molar-refractivity contribution < 1.29 is 14.3 Å². The quantitative estimate of drug-likeness (QED) is 0.441. The van der Waals surface area contributed by atoms with Gasteiger partial charge in [0.15, 0.2) is 0 Å². The fourth-order valence-corrected chi connectivity index (χ4v) is 2.28. The van der Waals surface area contributed by atoms with Gasteiger partial charge in [0.05, 0.1) is 12.5 Å². The molecule has 0 aromatic rings. The molecule has 0 fully saturated rings. The van der Waals surface area contributed by atoms with Gasteiger partial charge in [-0.05, 0) is 26.2 Å². The molecule has 0 N–H and O–H groups in total. The first kappa shape index (κ1) is 17.1. The molecule has 0 aliphatic carbocycles. The summed E-state index contributed by atoms with van der Waals surface area (Å²) < 4.78 is 5.28. The Balaban J connectivity index is 4.14. The first-order chi connectivity index (χ1) is 8.58. The topological polar surface area (TPSA) is 43.4 Å². The summed E-state index contributed by atoms with van der Waals surface area (Å²) in [6, 6.07) is 0. The number of esters is 1. The second-order valence-electron chi connectivity index (χ2n) is 4.87. The van der Waals surface area contributed by atoms with E-state index in [0.29, 0.717) is 19.4 Å². The molecule has 0 bridgehead atoms. The van der Waals surface area contributed by atoms with Gasteiger partial charge in [0.25, 0.3) is 0 Å². The van der Waals surface area contributed by atoms with E-state index >= 15 is 0 Å². The second kappa shape index (κ2) is 10.1. The van der Waals surface area contributed by atoms with Crippen LogP contribution in [0, 0.1) is 11.8 Å². The Morgan fingerprint density at radius 1 is 0.944 bits per heavy atom. The van der Waals surface area contributed by atoms with Gasteiger partial charge in [0.1, 0.15) is 5.78 Å². The average Bonchev–Trinajstić information content (AvgIpc) is 2.34. The summed E-state index contributed by atoms with van der Waals surface area (Å²) in [5.41, 5.74) is 0. The van der Waals surface area contributed by atoms with Crippen molar-refractivity contribution >= 4 is 11.8 Å². The van der Waals surface area contributed by atoms with Gasteiger partial charge < -0.3 is 4.74 Å². The summed E-state index contributed by atoms with van der Waals surface area (Å²) in [6.07, 6.45) is 5.76. The van der Waals surface area contributed by atoms with Crippen molar-refractivity contribution in [1.29, 1.82) is 0 Å². The maximum atomic E-state index is 11.9. The lowest BCUT2D eigenvalue weighted by atomic mass is 9.85. The highest BCUT2D eigenvalue weighted by atomic mass is 16.5. The Morgan fingerprint density at radius 3 is 2.00 bits per heavy atom. The summed E-state index contributed by atoms with van der Waals surface area (Å²) in [6.45, 7) is 8.09. The zero-order valence-corrected chi connectivity index (χ0v) is 12.3. The second-order valence-corrected chi connectivity index (χ2v) is 4.87. The summed E-state index contributed by atoms with van der Waals surface area (Å²) >= 11 is 0. The number of ether oxygens (including phenoxy) is 1. The van der Waals surface area contributed by atoms with Gasteiger partial charge in [-0.15, -0.1) is 0 Å². The van der Waals surface area contributed by atoms with E-state index < -0.39 is 0 Å². The van der Waals surface area contributed by atoms with Crippen molar-refractivity contribution in [1.82, 2.24) is 0 Å². The number of hydrogen-bond acceptors (Lipinski definition) is 3. The fourth-order valence-electron chi connectivity index (χ4n) is 2.28. The maximum Gasteiger partial charge on any atom is 0.309 e. The van der Waals surface area contributed by atoms with Gasteiger partial charge in [-0.25, -0.2) is 0 Å². The summed E-state index contributed by atoms with van der Waals surface area (Å²) in [5.74, 6) is -0.555. The minimum atomic E-state index is -0.265. The molecule has 0 aliphatic rings. The zero-order chi connectivity index (χ0) is 14.0. The number of carbonyl (C=O) groups is 2. The monoisotopic (exact) mass is 256 g/mol. The molecule has 18 heavy (non-hydrogen) atoms. The molecule has 3 heteroatoms. The minimum absolute atomic E-state index is 0.0901. The van der Waals surface area contributed by atoms with Crippen LogP contribution >= 0.6 is 0 Å². The average molecular weight is 256 g/mol. The van der Waals surface area contributed by atoms with Crippen LogP contribution in [0.15, 0.2) is 0 Å². The number of hydrogen-bond donors (Lipinski definition) is 0. The Morgan fingerprint density at radius 2 is 1.56 bits per heavy atom. The third kappa shape index (κ3) is 6.18. The van der Waals surface area contributed by atoms with Gasteiger partial charge >= 0.3 is 5.97 Å². The molecule has 0 aromatic carbocycles. The molecule has 0 aromatic heterocycles. The molecule has 2 unspecified atom stereocenters. The highest BCUT2D eigenvalue weighted by molar-refractivity contribution is 5.85. The molecule has 0 spiro atoms. The minimum Gasteiger partial charge on any atom is -0.465 e. The number of Topliss-reactive ketones (excluding diaryl/α,β-unsaturated/α-hetero) is 1. The number of ketones is 1. The first-order valence-corrected chi connectivity index (χ1v) is 7.25. The van der Waals surface area contributed by atoms with Gasteiger partial charge in [-0.1, -0.05) is 40.0 Å². The molecule has 0 saturated carbocycles. The van der Waals surface area contributed by atoms with Gasteiger partial charge in [-0.3, -0.25) is 9.59 Å². The van der Waals surface area contributed by atoms with Gasteiger partial charge in [-0.2, -0.15) is 0 Å². The van der Waals surface area contributed by atoms with Gasteiger partial charge in [0.2, 0.25) is 0 Å². The normalized spacial score (nSPS) is 14.0. The van der Waals surface area contributed by atoms with E-state index in [0.717, 1.165) is 12.8 Å². The molecule has 2 atom stereocenters. The van der Waals surface area contributed by atoms with Crippen LogP contribution in [0.4, 0.5) is 0 Å². The van der Waals surface area contributed by atoms with Crippen LogP contribution in [0.3, 0.4) is 0 Å². The van der Waals surface area contributed by atoms with E-state index in [-0.39, 0.29) is 23.6 Å². The van der Waals surface area contributed by atoms with Crippen molar-refractivity contribution in [3.63, 3.8) is 0 Å². The summed E-state index contributed by atoms with van der Waals surface area (Å²) in [7, 11) is 0. The van der Waals surface area contributed by atoms with Crippen LogP contribution in [-0.2, 0) is 14.3 Å². The maximum absolute atomic E-state index is 11.9. The van der Waals surface area contributed by atoms with Crippen LogP contribution in [0.2, 0.25) is 0 Å². The molecule has 0 amide bonds. The molecule has 0 rings (SSSR count). The fraction of sp³-hybridized carbons (Fsp3) is 0.867. The lowest BCUT2D eigenvalue weighted by Crippen LogP contribution is -2.29. The van der Waals surface area contributed by atoms with Crippen molar-refractivity contribution in [2.75, 3.05) is 6.61 Å². The summed E-state index contributed by atoms with van der Waals surface area (Å²) in [5, 5.41) is 0. The Kier molecular flexibility index (Phi) is 9.62. The van der Waals surface area contributed by atoms with E-state index in [1.165, 1.54) is 12.8 Å². The molecule has 0 aliphatic heterocycles. The van der Waals surface area contributed by atoms with Crippen LogP contribution in [0.5, 0.6) is 0 Å². The largest absolute Gasteiger partial charge is 0.465 e. The lowest BCUT2D eigenvalue weighted by molar-refractivity contribution is -0.153. The third-order valence-electron chi connectivity index (χ3n) is 3.43. The number of carbonyl (C=O) groups excluding carboxylic acids is 2. The van der Waals surface area contributed by atoms with Crippen LogP contribution in [0.25, 0.3) is 0 Å². The van der Waals surface area contributed by atoms with E-state index in [9.17, 15) is 9.59 Å². The van der Waals surface area contributed by atoms with E-state index in [1.54, 1.807) is 6.92 Å². The van der Waals surface area contributed by atoms with Crippen LogP contribution in [-0.4, -0.2) is 18.4 Å². The zero-order valence-electron chi connectivity index (χ0n) is 12.3. The predicted octanol–water partition coefficient (Wildman–Crippen LogP) is 3.75. The van der Waals surface area contributed by atoms with Crippen molar-refractivity contribution in [2.45, 2.75) is 66.2 Å². The predicted molar refractivity (Wildman–Crippen MR) is 73.3 cm³/mol. The van der Waals surface area contributed by atoms with Crippen LogP contribution < -0.4 is 0 Å². The molecular formula is C15H28O3. The van der Waals surface area contributed by atoms with E-state index in [1.807, 2.05) is 13.8 Å². The standard InChI is InChI=1S/C15H28O3/c1-5-8-9-10-11-18-15(17)14(7-3)13(6-2)12(4)16/h13-14H,5-11H2,1-4H3. The number of unbranched alkanes of at least 4 members (excludes halogenated alkanes) is 3. The molecule has 0 heterocycles. The lowest BCUT2D eigenvalue weighted by Gasteiger charge is -2.21. The van der Waals surface area contributed by atoms with Crippen LogP contribution in [0.1, 0.15) is 66.2 Å².